The van der Waals surface area contributed by atoms with Crippen molar-refractivity contribution in [2.75, 3.05) is 11.9 Å². The zero-order chi connectivity index (χ0) is 13.7. The van der Waals surface area contributed by atoms with Crippen LogP contribution in [-0.2, 0) is 12.8 Å². The molecule has 2 aromatic rings. The second-order valence-corrected chi connectivity index (χ2v) is 5.59. The molecular weight excluding hydrogens is 280 g/mol. The minimum Gasteiger partial charge on any atom is -0.369 e. The normalized spacial score (nSPS) is 10.7. The number of anilines is 1. The molecule has 2 aromatic heterocycles. The third-order valence-electron chi connectivity index (χ3n) is 2.72. The average molecular weight is 297 g/mol. The summed E-state index contributed by atoms with van der Waals surface area (Å²) in [5.74, 6) is 1.63. The molecule has 6 heteroatoms. The van der Waals surface area contributed by atoms with E-state index >= 15 is 0 Å². The van der Waals surface area contributed by atoms with E-state index in [1.807, 2.05) is 18.5 Å². The van der Waals surface area contributed by atoms with Crippen molar-refractivity contribution in [1.29, 1.82) is 0 Å². The molecule has 0 aliphatic rings. The minimum absolute atomic E-state index is 0.537. The lowest BCUT2D eigenvalue weighted by molar-refractivity contribution is 0.829. The van der Waals surface area contributed by atoms with Crippen LogP contribution in [0.15, 0.2) is 11.6 Å². The van der Waals surface area contributed by atoms with Crippen LogP contribution in [0, 0.1) is 6.92 Å². The summed E-state index contributed by atoms with van der Waals surface area (Å²) >= 11 is 7.80. The zero-order valence-corrected chi connectivity index (χ0v) is 12.7. The summed E-state index contributed by atoms with van der Waals surface area (Å²) in [7, 11) is 0. The van der Waals surface area contributed by atoms with Crippen LogP contribution in [0.2, 0.25) is 5.15 Å². The van der Waals surface area contributed by atoms with Gasteiger partial charge in [-0.3, -0.25) is 0 Å². The predicted octanol–water partition coefficient (Wildman–Crippen LogP) is 3.50. The van der Waals surface area contributed by atoms with Gasteiger partial charge < -0.3 is 5.32 Å². The molecule has 0 saturated carbocycles. The molecule has 0 aliphatic heterocycles. The topological polar surface area (TPSA) is 50.7 Å². The lowest BCUT2D eigenvalue weighted by atomic mass is 10.3. The quantitative estimate of drug-likeness (QED) is 0.829. The fourth-order valence-corrected chi connectivity index (χ4v) is 2.51. The number of hydrogen-bond donors (Lipinski definition) is 1. The Morgan fingerprint density at radius 2 is 2.16 bits per heavy atom. The van der Waals surface area contributed by atoms with E-state index in [4.69, 9.17) is 11.6 Å². The Bertz CT molecular complexity index is 528. The second kappa shape index (κ2) is 6.82. The average Bonchev–Trinajstić information content (AvgIpc) is 2.88. The van der Waals surface area contributed by atoms with Gasteiger partial charge in [-0.05, 0) is 13.3 Å². The molecule has 0 aliphatic carbocycles. The highest BCUT2D eigenvalue weighted by Crippen LogP contribution is 2.20. The van der Waals surface area contributed by atoms with Gasteiger partial charge in [0.1, 0.15) is 16.8 Å². The van der Waals surface area contributed by atoms with E-state index in [1.165, 1.54) is 0 Å². The van der Waals surface area contributed by atoms with Crippen LogP contribution < -0.4 is 5.32 Å². The molecule has 19 heavy (non-hydrogen) atoms. The van der Waals surface area contributed by atoms with Crippen molar-refractivity contribution in [3.63, 3.8) is 0 Å². The van der Waals surface area contributed by atoms with Gasteiger partial charge in [0.25, 0.3) is 0 Å². The molecule has 0 aromatic carbocycles. The van der Waals surface area contributed by atoms with Gasteiger partial charge in [-0.15, -0.1) is 11.3 Å². The van der Waals surface area contributed by atoms with E-state index in [2.05, 4.69) is 27.2 Å². The van der Waals surface area contributed by atoms with Crippen LogP contribution in [0.4, 0.5) is 5.82 Å². The van der Waals surface area contributed by atoms with Crippen molar-refractivity contribution in [2.24, 2.45) is 0 Å². The van der Waals surface area contributed by atoms with Crippen LogP contribution in [0.1, 0.15) is 29.7 Å². The Labute approximate surface area is 122 Å². The van der Waals surface area contributed by atoms with Crippen molar-refractivity contribution >= 4 is 28.8 Å². The van der Waals surface area contributed by atoms with E-state index in [-0.39, 0.29) is 0 Å². The SMILES string of the molecule is CCCc1nc(Cl)c(C)c(NCCc2nccs2)n1. The number of rotatable bonds is 6. The van der Waals surface area contributed by atoms with Crippen LogP contribution in [-0.4, -0.2) is 21.5 Å². The molecule has 0 radical (unpaired) electrons. The molecule has 4 nitrogen and oxygen atoms in total. The first-order valence-electron chi connectivity index (χ1n) is 6.36. The largest absolute Gasteiger partial charge is 0.369 e. The number of aryl methyl sites for hydroxylation is 1. The number of halogens is 1. The molecule has 102 valence electrons. The maximum atomic E-state index is 6.13. The highest BCUT2D eigenvalue weighted by Gasteiger charge is 2.08. The Hall–Kier alpha value is -1.20. The fraction of sp³-hybridized carbons (Fsp3) is 0.462. The summed E-state index contributed by atoms with van der Waals surface area (Å²) in [4.78, 5) is 13.1. The number of hydrogen-bond acceptors (Lipinski definition) is 5. The van der Waals surface area contributed by atoms with Crippen LogP contribution >= 0.6 is 22.9 Å². The Morgan fingerprint density at radius 3 is 2.84 bits per heavy atom. The molecule has 0 fully saturated rings. The maximum Gasteiger partial charge on any atom is 0.137 e. The first-order valence-corrected chi connectivity index (χ1v) is 7.61. The summed E-state index contributed by atoms with van der Waals surface area (Å²) in [6, 6.07) is 0. The minimum atomic E-state index is 0.537. The second-order valence-electron chi connectivity index (χ2n) is 4.26. The van der Waals surface area contributed by atoms with E-state index in [0.29, 0.717) is 5.15 Å². The number of nitrogens with zero attached hydrogens (tertiary/aromatic N) is 3. The van der Waals surface area contributed by atoms with Gasteiger partial charge in [-0.25, -0.2) is 15.0 Å². The highest BCUT2D eigenvalue weighted by molar-refractivity contribution is 7.09. The van der Waals surface area contributed by atoms with Crippen LogP contribution in [0.3, 0.4) is 0 Å². The Balaban J connectivity index is 2.02. The van der Waals surface area contributed by atoms with E-state index in [9.17, 15) is 0 Å². The van der Waals surface area contributed by atoms with Crippen LogP contribution in [0.25, 0.3) is 0 Å². The third-order valence-corrected chi connectivity index (χ3v) is 3.93. The van der Waals surface area contributed by atoms with Gasteiger partial charge in [0.05, 0.1) is 5.01 Å². The molecule has 1 N–H and O–H groups in total. The smallest absolute Gasteiger partial charge is 0.137 e. The molecule has 0 amide bonds. The summed E-state index contributed by atoms with van der Waals surface area (Å²) < 4.78 is 0. The monoisotopic (exact) mass is 296 g/mol. The van der Waals surface area contributed by atoms with Gasteiger partial charge in [0, 0.05) is 36.5 Å². The molecule has 0 atom stereocenters. The summed E-state index contributed by atoms with van der Waals surface area (Å²) in [6.07, 6.45) is 4.58. The molecule has 0 spiro atoms. The highest BCUT2D eigenvalue weighted by atomic mass is 35.5. The van der Waals surface area contributed by atoms with Crippen molar-refractivity contribution < 1.29 is 0 Å². The summed E-state index contributed by atoms with van der Waals surface area (Å²) in [5.41, 5.74) is 0.903. The molecule has 0 unspecified atom stereocenters. The van der Waals surface area contributed by atoms with E-state index < -0.39 is 0 Å². The van der Waals surface area contributed by atoms with Crippen molar-refractivity contribution in [2.45, 2.75) is 33.1 Å². The number of thiazole rings is 1. The van der Waals surface area contributed by atoms with Gasteiger partial charge in [-0.1, -0.05) is 18.5 Å². The summed E-state index contributed by atoms with van der Waals surface area (Å²) in [5, 5.41) is 6.97. The van der Waals surface area contributed by atoms with Gasteiger partial charge in [0.2, 0.25) is 0 Å². The molecular formula is C13H17ClN4S. The van der Waals surface area contributed by atoms with Gasteiger partial charge in [-0.2, -0.15) is 0 Å². The van der Waals surface area contributed by atoms with Gasteiger partial charge >= 0.3 is 0 Å². The maximum absolute atomic E-state index is 6.13. The first kappa shape index (κ1) is 14.2. The lowest BCUT2D eigenvalue weighted by Gasteiger charge is -2.10. The Morgan fingerprint density at radius 1 is 1.32 bits per heavy atom. The number of nitrogens with one attached hydrogen (secondary N) is 1. The molecule has 0 bridgehead atoms. The van der Waals surface area contributed by atoms with Gasteiger partial charge in [0.15, 0.2) is 0 Å². The van der Waals surface area contributed by atoms with E-state index in [0.717, 1.165) is 48.0 Å². The molecule has 2 rings (SSSR count). The first-order chi connectivity index (χ1) is 9.20. The number of aromatic nitrogens is 3. The third kappa shape index (κ3) is 3.88. The van der Waals surface area contributed by atoms with Crippen molar-refractivity contribution in [3.05, 3.63) is 33.1 Å². The van der Waals surface area contributed by atoms with E-state index in [1.54, 1.807) is 11.3 Å². The zero-order valence-electron chi connectivity index (χ0n) is 11.1. The molecule has 0 saturated heterocycles. The van der Waals surface area contributed by atoms with Crippen molar-refractivity contribution in [3.8, 4) is 0 Å². The predicted molar refractivity (Wildman–Crippen MR) is 80.1 cm³/mol. The van der Waals surface area contributed by atoms with Crippen molar-refractivity contribution in [1.82, 2.24) is 15.0 Å². The van der Waals surface area contributed by atoms with Crippen LogP contribution in [0.5, 0.6) is 0 Å². The Kier molecular flexibility index (Phi) is 5.10. The standard InChI is InChI=1S/C13H17ClN4S/c1-3-4-10-17-12(14)9(2)13(18-10)16-6-5-11-15-7-8-19-11/h7-8H,3-6H2,1-2H3,(H,16,17,18). The molecule has 2 heterocycles. The summed E-state index contributed by atoms with van der Waals surface area (Å²) in [6.45, 7) is 4.84. The lowest BCUT2D eigenvalue weighted by Crippen LogP contribution is -2.10. The fourth-order valence-electron chi connectivity index (χ4n) is 1.70.